The number of nitro groups is 1. The van der Waals surface area contributed by atoms with Crippen molar-refractivity contribution in [2.24, 2.45) is 5.92 Å². The van der Waals surface area contributed by atoms with Gasteiger partial charge in [-0.25, -0.2) is 0 Å². The SMILES string of the molecule is CCNC1CCOCC1Cc1cccc([N+](=O)[O-])c1Br. The van der Waals surface area contributed by atoms with Crippen LogP contribution < -0.4 is 5.32 Å². The molecule has 1 N–H and O–H groups in total. The first-order valence-corrected chi connectivity index (χ1v) is 7.65. The number of hydrogen-bond donors (Lipinski definition) is 1. The molecule has 0 aliphatic carbocycles. The second-order valence-electron chi connectivity index (χ2n) is 5.00. The number of nitro benzene ring substituents is 1. The second kappa shape index (κ2) is 7.15. The van der Waals surface area contributed by atoms with Gasteiger partial charge in [0.15, 0.2) is 0 Å². The molecule has 5 nitrogen and oxygen atoms in total. The molecule has 0 radical (unpaired) electrons. The Kier molecular flexibility index (Phi) is 5.51. The van der Waals surface area contributed by atoms with E-state index < -0.39 is 0 Å². The predicted molar refractivity (Wildman–Crippen MR) is 80.9 cm³/mol. The van der Waals surface area contributed by atoms with Crippen molar-refractivity contribution in [3.05, 3.63) is 38.3 Å². The maximum absolute atomic E-state index is 11.0. The summed E-state index contributed by atoms with van der Waals surface area (Å²) in [5.41, 5.74) is 1.09. The summed E-state index contributed by atoms with van der Waals surface area (Å²) in [7, 11) is 0. The van der Waals surface area contributed by atoms with Gasteiger partial charge in [0.05, 0.1) is 16.0 Å². The summed E-state index contributed by atoms with van der Waals surface area (Å²) in [6.45, 7) is 4.50. The van der Waals surface area contributed by atoms with Gasteiger partial charge in [-0.05, 0) is 40.9 Å². The average Bonchev–Trinajstić information content (AvgIpc) is 2.43. The molecule has 20 heavy (non-hydrogen) atoms. The van der Waals surface area contributed by atoms with Crippen LogP contribution in [0.5, 0.6) is 0 Å². The van der Waals surface area contributed by atoms with Crippen LogP contribution in [0, 0.1) is 16.0 Å². The molecule has 110 valence electrons. The van der Waals surface area contributed by atoms with E-state index in [1.807, 2.05) is 6.07 Å². The first-order valence-electron chi connectivity index (χ1n) is 6.86. The molecule has 0 spiro atoms. The van der Waals surface area contributed by atoms with Crippen LogP contribution in [0.25, 0.3) is 0 Å². The van der Waals surface area contributed by atoms with Crippen molar-refractivity contribution < 1.29 is 9.66 Å². The lowest BCUT2D eigenvalue weighted by Gasteiger charge is -2.32. The molecule has 6 heteroatoms. The van der Waals surface area contributed by atoms with Crippen LogP contribution in [0.1, 0.15) is 18.9 Å². The molecule has 2 rings (SSSR count). The van der Waals surface area contributed by atoms with Gasteiger partial charge in [-0.3, -0.25) is 10.1 Å². The molecule has 1 aliphatic rings. The fourth-order valence-electron chi connectivity index (χ4n) is 2.68. The Morgan fingerprint density at radius 3 is 3.05 bits per heavy atom. The zero-order valence-electron chi connectivity index (χ0n) is 11.5. The topological polar surface area (TPSA) is 64.4 Å². The van der Waals surface area contributed by atoms with Crippen LogP contribution in [-0.2, 0) is 11.2 Å². The maximum Gasteiger partial charge on any atom is 0.283 e. The number of ether oxygens (including phenoxy) is 1. The van der Waals surface area contributed by atoms with Gasteiger partial charge in [-0.2, -0.15) is 0 Å². The number of halogens is 1. The Morgan fingerprint density at radius 2 is 2.35 bits per heavy atom. The average molecular weight is 343 g/mol. The molecule has 1 saturated heterocycles. The second-order valence-corrected chi connectivity index (χ2v) is 5.79. The summed E-state index contributed by atoms with van der Waals surface area (Å²) < 4.78 is 6.15. The smallest absolute Gasteiger partial charge is 0.283 e. The highest BCUT2D eigenvalue weighted by Gasteiger charge is 2.27. The van der Waals surface area contributed by atoms with Crippen LogP contribution in [0.3, 0.4) is 0 Å². The highest BCUT2D eigenvalue weighted by atomic mass is 79.9. The monoisotopic (exact) mass is 342 g/mol. The normalized spacial score (nSPS) is 22.7. The van der Waals surface area contributed by atoms with Gasteiger partial charge < -0.3 is 10.1 Å². The molecular weight excluding hydrogens is 324 g/mol. The fourth-order valence-corrected chi connectivity index (χ4v) is 3.25. The minimum Gasteiger partial charge on any atom is -0.381 e. The molecule has 0 aromatic heterocycles. The number of nitrogens with zero attached hydrogens (tertiary/aromatic N) is 1. The summed E-state index contributed by atoms with van der Waals surface area (Å²) >= 11 is 3.36. The van der Waals surface area contributed by atoms with Gasteiger partial charge in [0, 0.05) is 24.6 Å². The van der Waals surface area contributed by atoms with E-state index >= 15 is 0 Å². The molecule has 2 unspecified atom stereocenters. The van der Waals surface area contributed by atoms with E-state index in [-0.39, 0.29) is 10.6 Å². The van der Waals surface area contributed by atoms with Crippen molar-refractivity contribution in [2.75, 3.05) is 19.8 Å². The summed E-state index contributed by atoms with van der Waals surface area (Å²) in [5.74, 6) is 0.349. The zero-order chi connectivity index (χ0) is 14.5. The Labute approximate surface area is 127 Å². The Bertz CT molecular complexity index is 479. The fraction of sp³-hybridized carbons (Fsp3) is 0.571. The lowest BCUT2D eigenvalue weighted by molar-refractivity contribution is -0.385. The van der Waals surface area contributed by atoms with Gasteiger partial charge in [-0.15, -0.1) is 0 Å². The highest BCUT2D eigenvalue weighted by molar-refractivity contribution is 9.10. The van der Waals surface area contributed by atoms with E-state index in [0.29, 0.717) is 23.0 Å². The van der Waals surface area contributed by atoms with Crippen LogP contribution in [0.4, 0.5) is 5.69 Å². The van der Waals surface area contributed by atoms with E-state index in [4.69, 9.17) is 4.74 Å². The molecule has 2 atom stereocenters. The van der Waals surface area contributed by atoms with Crippen molar-refractivity contribution >= 4 is 21.6 Å². The molecule has 0 amide bonds. The largest absolute Gasteiger partial charge is 0.381 e. The van der Waals surface area contributed by atoms with Gasteiger partial charge in [0.1, 0.15) is 0 Å². The van der Waals surface area contributed by atoms with E-state index in [1.165, 1.54) is 6.07 Å². The predicted octanol–water partition coefficient (Wildman–Crippen LogP) is 2.91. The van der Waals surface area contributed by atoms with Gasteiger partial charge in [0.25, 0.3) is 5.69 Å². The third-order valence-corrected chi connectivity index (χ3v) is 4.59. The van der Waals surface area contributed by atoms with Gasteiger partial charge in [0.2, 0.25) is 0 Å². The van der Waals surface area contributed by atoms with Crippen LogP contribution in [0.2, 0.25) is 0 Å². The van der Waals surface area contributed by atoms with Crippen molar-refractivity contribution in [3.63, 3.8) is 0 Å². The minimum absolute atomic E-state index is 0.124. The van der Waals surface area contributed by atoms with Crippen molar-refractivity contribution in [3.8, 4) is 0 Å². The molecule has 1 aliphatic heterocycles. The van der Waals surface area contributed by atoms with E-state index in [2.05, 4.69) is 28.2 Å². The summed E-state index contributed by atoms with van der Waals surface area (Å²) in [5, 5.41) is 14.5. The number of nitrogens with one attached hydrogen (secondary N) is 1. The quantitative estimate of drug-likeness (QED) is 0.660. The zero-order valence-corrected chi connectivity index (χ0v) is 13.1. The Hall–Kier alpha value is -0.980. The van der Waals surface area contributed by atoms with Crippen LogP contribution >= 0.6 is 15.9 Å². The molecule has 1 heterocycles. The summed E-state index contributed by atoms with van der Waals surface area (Å²) in [4.78, 5) is 10.6. The summed E-state index contributed by atoms with van der Waals surface area (Å²) in [6.07, 6.45) is 1.77. The Balaban J connectivity index is 2.16. The molecule has 1 fully saturated rings. The van der Waals surface area contributed by atoms with Crippen molar-refractivity contribution in [1.29, 1.82) is 0 Å². The standard InChI is InChI=1S/C14H19BrN2O3/c1-2-16-12-6-7-20-9-11(12)8-10-4-3-5-13(14(10)15)17(18)19/h3-5,11-12,16H,2,6-9H2,1H3. The van der Waals surface area contributed by atoms with Crippen molar-refractivity contribution in [2.45, 2.75) is 25.8 Å². The van der Waals surface area contributed by atoms with Crippen molar-refractivity contribution in [1.82, 2.24) is 5.32 Å². The Morgan fingerprint density at radius 1 is 1.55 bits per heavy atom. The van der Waals surface area contributed by atoms with E-state index in [1.54, 1.807) is 6.07 Å². The maximum atomic E-state index is 11.0. The van der Waals surface area contributed by atoms with Gasteiger partial charge in [-0.1, -0.05) is 19.1 Å². The summed E-state index contributed by atoms with van der Waals surface area (Å²) in [6, 6.07) is 5.62. The van der Waals surface area contributed by atoms with Gasteiger partial charge >= 0.3 is 0 Å². The van der Waals surface area contributed by atoms with E-state index in [9.17, 15) is 10.1 Å². The third-order valence-electron chi connectivity index (χ3n) is 3.68. The lowest BCUT2D eigenvalue weighted by Crippen LogP contribution is -2.43. The lowest BCUT2D eigenvalue weighted by atomic mass is 9.89. The minimum atomic E-state index is -0.354. The highest BCUT2D eigenvalue weighted by Crippen LogP contribution is 2.31. The molecule has 0 bridgehead atoms. The van der Waals surface area contributed by atoms with Crippen LogP contribution in [0.15, 0.2) is 22.7 Å². The van der Waals surface area contributed by atoms with E-state index in [0.717, 1.165) is 31.6 Å². The first-order chi connectivity index (χ1) is 9.63. The number of hydrogen-bond acceptors (Lipinski definition) is 4. The molecule has 1 aromatic carbocycles. The molecule has 1 aromatic rings. The third kappa shape index (κ3) is 3.56. The number of benzene rings is 1. The van der Waals surface area contributed by atoms with Crippen LogP contribution in [-0.4, -0.2) is 30.7 Å². The molecule has 0 saturated carbocycles. The number of rotatable bonds is 5. The molecular formula is C14H19BrN2O3. The first kappa shape index (κ1) is 15.4.